The summed E-state index contributed by atoms with van der Waals surface area (Å²) >= 11 is 0. The van der Waals surface area contributed by atoms with E-state index >= 15 is 0 Å². The highest BCUT2D eigenvalue weighted by atomic mass is 16.5. The van der Waals surface area contributed by atoms with Crippen molar-refractivity contribution in [3.05, 3.63) is 42.5 Å². The third-order valence-corrected chi connectivity index (χ3v) is 5.19. The maximum atomic E-state index is 6.00. The first-order chi connectivity index (χ1) is 12.9. The van der Waals surface area contributed by atoms with E-state index in [0.29, 0.717) is 12.5 Å². The van der Waals surface area contributed by atoms with Gasteiger partial charge in [-0.3, -0.25) is 0 Å². The quantitative estimate of drug-likeness (QED) is 0.719. The van der Waals surface area contributed by atoms with Crippen LogP contribution in [0.1, 0.15) is 6.42 Å². The van der Waals surface area contributed by atoms with Crippen molar-refractivity contribution in [2.75, 3.05) is 37.8 Å². The Morgan fingerprint density at radius 3 is 2.77 bits per heavy atom. The number of fused-ring (bicyclic) bond motifs is 1. The van der Waals surface area contributed by atoms with E-state index in [0.717, 1.165) is 55.6 Å². The number of hydrogen-bond donors (Lipinski definition) is 0. The Morgan fingerprint density at radius 2 is 1.92 bits per heavy atom. The van der Waals surface area contributed by atoms with Crippen molar-refractivity contribution < 1.29 is 9.47 Å². The molecule has 2 aliphatic heterocycles. The molecule has 5 rings (SSSR count). The van der Waals surface area contributed by atoms with Gasteiger partial charge in [-0.05, 0) is 18.6 Å². The molecule has 7 heteroatoms. The zero-order valence-corrected chi connectivity index (χ0v) is 14.5. The Hall–Kier alpha value is -2.51. The molecule has 0 radical (unpaired) electrons. The van der Waals surface area contributed by atoms with Crippen LogP contribution in [0.2, 0.25) is 0 Å². The van der Waals surface area contributed by atoms with Gasteiger partial charge >= 0.3 is 0 Å². The predicted octanol–water partition coefficient (Wildman–Crippen LogP) is 2.03. The SMILES string of the molecule is c1ccc(-c2nnc3ccc(N4CCOC(C5CCOC5)C4)nn23)cc1. The average Bonchev–Trinajstić information content (AvgIpc) is 3.38. The number of nitrogens with zero attached hydrogens (tertiary/aromatic N) is 5. The Balaban J connectivity index is 1.45. The van der Waals surface area contributed by atoms with Crippen molar-refractivity contribution in [1.82, 2.24) is 19.8 Å². The Morgan fingerprint density at radius 1 is 1.00 bits per heavy atom. The molecule has 2 atom stereocenters. The Kier molecular flexibility index (Phi) is 4.03. The number of hydrogen-bond acceptors (Lipinski definition) is 6. The fourth-order valence-corrected chi connectivity index (χ4v) is 3.73. The minimum atomic E-state index is 0.207. The molecule has 3 aromatic rings. The molecule has 0 saturated carbocycles. The van der Waals surface area contributed by atoms with Crippen LogP contribution >= 0.6 is 0 Å². The summed E-state index contributed by atoms with van der Waals surface area (Å²) in [5.74, 6) is 2.18. The summed E-state index contributed by atoms with van der Waals surface area (Å²) in [6.45, 7) is 4.04. The minimum Gasteiger partial charge on any atom is -0.381 e. The van der Waals surface area contributed by atoms with Gasteiger partial charge in [-0.15, -0.1) is 15.3 Å². The van der Waals surface area contributed by atoms with Gasteiger partial charge in [0, 0.05) is 31.2 Å². The van der Waals surface area contributed by atoms with Crippen LogP contribution < -0.4 is 4.90 Å². The summed E-state index contributed by atoms with van der Waals surface area (Å²) in [7, 11) is 0. The van der Waals surface area contributed by atoms with Crippen molar-refractivity contribution >= 4 is 11.5 Å². The van der Waals surface area contributed by atoms with Crippen molar-refractivity contribution in [1.29, 1.82) is 0 Å². The van der Waals surface area contributed by atoms with Gasteiger partial charge in [0.15, 0.2) is 11.5 Å². The van der Waals surface area contributed by atoms with Crippen LogP contribution in [0, 0.1) is 5.92 Å². The molecule has 7 nitrogen and oxygen atoms in total. The van der Waals surface area contributed by atoms with E-state index in [1.54, 1.807) is 0 Å². The molecular formula is C19H21N5O2. The molecule has 2 aliphatic rings. The molecule has 2 fully saturated rings. The second kappa shape index (κ2) is 6.66. The summed E-state index contributed by atoms with van der Waals surface area (Å²) in [4.78, 5) is 2.29. The van der Waals surface area contributed by atoms with Crippen molar-refractivity contribution in [2.24, 2.45) is 5.92 Å². The van der Waals surface area contributed by atoms with E-state index in [2.05, 4.69) is 15.1 Å². The van der Waals surface area contributed by atoms with Crippen LogP contribution in [0.15, 0.2) is 42.5 Å². The topological polar surface area (TPSA) is 64.8 Å². The molecule has 26 heavy (non-hydrogen) atoms. The van der Waals surface area contributed by atoms with Crippen LogP contribution in [0.3, 0.4) is 0 Å². The predicted molar refractivity (Wildman–Crippen MR) is 97.1 cm³/mol. The van der Waals surface area contributed by atoms with Gasteiger partial charge in [0.1, 0.15) is 5.82 Å². The number of anilines is 1. The molecular weight excluding hydrogens is 330 g/mol. The van der Waals surface area contributed by atoms with Crippen LogP contribution in [0.5, 0.6) is 0 Å². The molecule has 1 aromatic carbocycles. The van der Waals surface area contributed by atoms with Crippen molar-refractivity contribution in [2.45, 2.75) is 12.5 Å². The Labute approximate surface area is 151 Å². The molecule has 2 unspecified atom stereocenters. The smallest absolute Gasteiger partial charge is 0.185 e. The Bertz CT molecular complexity index is 891. The second-order valence-corrected chi connectivity index (χ2v) is 6.83. The molecule has 0 spiro atoms. The standard InChI is InChI=1S/C19H21N5O2/c1-2-4-14(5-3-1)19-21-20-17-6-7-18(22-24(17)19)23-9-11-26-16(12-23)15-8-10-25-13-15/h1-7,15-16H,8-13H2. The number of ether oxygens (including phenoxy) is 2. The summed E-state index contributed by atoms with van der Waals surface area (Å²) in [6, 6.07) is 14.0. The highest BCUT2D eigenvalue weighted by molar-refractivity contribution is 5.59. The molecule has 0 bridgehead atoms. The fraction of sp³-hybridized carbons (Fsp3) is 0.421. The van der Waals surface area contributed by atoms with Gasteiger partial charge in [0.25, 0.3) is 0 Å². The molecule has 2 aromatic heterocycles. The molecule has 0 amide bonds. The molecule has 134 valence electrons. The van der Waals surface area contributed by atoms with Gasteiger partial charge in [-0.25, -0.2) is 0 Å². The first-order valence-corrected chi connectivity index (χ1v) is 9.11. The van der Waals surface area contributed by atoms with Gasteiger partial charge in [0.2, 0.25) is 0 Å². The monoisotopic (exact) mass is 351 g/mol. The molecule has 0 aliphatic carbocycles. The summed E-state index contributed by atoms with van der Waals surface area (Å²) in [5.41, 5.74) is 1.76. The van der Waals surface area contributed by atoms with Crippen molar-refractivity contribution in [3.63, 3.8) is 0 Å². The van der Waals surface area contributed by atoms with Crippen LogP contribution in [0.4, 0.5) is 5.82 Å². The second-order valence-electron chi connectivity index (χ2n) is 6.83. The zero-order chi connectivity index (χ0) is 17.3. The van der Waals surface area contributed by atoms with Crippen LogP contribution in [0.25, 0.3) is 17.0 Å². The fourth-order valence-electron chi connectivity index (χ4n) is 3.73. The number of benzene rings is 1. The molecule has 2 saturated heterocycles. The van der Waals surface area contributed by atoms with Crippen molar-refractivity contribution in [3.8, 4) is 11.4 Å². The first kappa shape index (κ1) is 15.7. The van der Waals surface area contributed by atoms with Gasteiger partial charge in [-0.2, -0.15) is 4.52 Å². The highest BCUT2D eigenvalue weighted by Crippen LogP contribution is 2.25. The minimum absolute atomic E-state index is 0.207. The maximum Gasteiger partial charge on any atom is 0.185 e. The third kappa shape index (κ3) is 2.83. The van der Waals surface area contributed by atoms with Gasteiger partial charge in [0.05, 0.1) is 19.3 Å². The number of rotatable bonds is 3. The summed E-state index contributed by atoms with van der Waals surface area (Å²) in [6.07, 6.45) is 1.28. The summed E-state index contributed by atoms with van der Waals surface area (Å²) < 4.78 is 13.4. The highest BCUT2D eigenvalue weighted by Gasteiger charge is 2.31. The van der Waals surface area contributed by atoms with E-state index in [4.69, 9.17) is 14.6 Å². The van der Waals surface area contributed by atoms with Gasteiger partial charge in [-0.1, -0.05) is 30.3 Å². The maximum absolute atomic E-state index is 6.00. The third-order valence-electron chi connectivity index (χ3n) is 5.19. The normalized spacial score (nSPS) is 23.6. The van der Waals surface area contributed by atoms with E-state index < -0.39 is 0 Å². The zero-order valence-electron chi connectivity index (χ0n) is 14.5. The largest absolute Gasteiger partial charge is 0.381 e. The number of morpholine rings is 1. The van der Waals surface area contributed by atoms with E-state index in [9.17, 15) is 0 Å². The lowest BCUT2D eigenvalue weighted by molar-refractivity contribution is -0.00150. The van der Waals surface area contributed by atoms with Crippen LogP contribution in [-0.2, 0) is 9.47 Å². The van der Waals surface area contributed by atoms with E-state index in [1.165, 1.54) is 0 Å². The summed E-state index contributed by atoms with van der Waals surface area (Å²) in [5, 5.41) is 13.4. The first-order valence-electron chi connectivity index (χ1n) is 9.11. The average molecular weight is 351 g/mol. The van der Waals surface area contributed by atoms with E-state index in [1.807, 2.05) is 47.0 Å². The van der Waals surface area contributed by atoms with Crippen LogP contribution in [-0.4, -0.2) is 58.8 Å². The molecule has 4 heterocycles. The lowest BCUT2D eigenvalue weighted by atomic mass is 10.0. The lowest BCUT2D eigenvalue weighted by Gasteiger charge is -2.36. The number of aromatic nitrogens is 4. The molecule has 0 N–H and O–H groups in total. The van der Waals surface area contributed by atoms with E-state index in [-0.39, 0.29) is 6.10 Å². The lowest BCUT2D eigenvalue weighted by Crippen LogP contribution is -2.46. The van der Waals surface area contributed by atoms with Gasteiger partial charge < -0.3 is 14.4 Å².